The van der Waals surface area contributed by atoms with Gasteiger partial charge >= 0.3 is 5.97 Å². The van der Waals surface area contributed by atoms with Crippen molar-refractivity contribution in [1.82, 2.24) is 4.90 Å². The van der Waals surface area contributed by atoms with Crippen molar-refractivity contribution >= 4 is 5.97 Å². The number of benzene rings is 1. The molecule has 16 heavy (non-hydrogen) atoms. The van der Waals surface area contributed by atoms with Crippen LogP contribution >= 0.6 is 0 Å². The minimum absolute atomic E-state index is 0.0302. The van der Waals surface area contributed by atoms with Crippen LogP contribution in [-0.4, -0.2) is 29.6 Å². The van der Waals surface area contributed by atoms with Gasteiger partial charge in [-0.05, 0) is 38.1 Å². The van der Waals surface area contributed by atoms with Crippen molar-refractivity contribution in [1.29, 1.82) is 0 Å². The summed E-state index contributed by atoms with van der Waals surface area (Å²) in [5, 5.41) is 8.68. The van der Waals surface area contributed by atoms with Crippen LogP contribution in [0.2, 0.25) is 0 Å². The average molecular weight is 225 g/mol. The lowest BCUT2D eigenvalue weighted by atomic mass is 10.0. The van der Waals surface area contributed by atoms with E-state index in [1.54, 1.807) is 31.0 Å². The van der Waals surface area contributed by atoms with E-state index < -0.39 is 5.97 Å². The molecule has 1 atom stereocenters. The molecule has 0 aliphatic heterocycles. The van der Waals surface area contributed by atoms with Crippen molar-refractivity contribution in [2.24, 2.45) is 0 Å². The molecule has 4 heteroatoms. The Morgan fingerprint density at radius 3 is 2.69 bits per heavy atom. The second-order valence-electron chi connectivity index (χ2n) is 3.99. The van der Waals surface area contributed by atoms with Gasteiger partial charge in [0.1, 0.15) is 5.82 Å². The molecular formula is C12H16FNO2. The molecule has 0 spiro atoms. The summed E-state index contributed by atoms with van der Waals surface area (Å²) < 4.78 is 13.1. The number of carboxylic acid groups (broad SMARTS) is 1. The molecule has 0 radical (unpaired) electrons. The Morgan fingerprint density at radius 2 is 2.19 bits per heavy atom. The van der Waals surface area contributed by atoms with Crippen LogP contribution in [-0.2, 0) is 4.79 Å². The average Bonchev–Trinajstić information content (AvgIpc) is 2.20. The lowest BCUT2D eigenvalue weighted by Crippen LogP contribution is -2.28. The highest BCUT2D eigenvalue weighted by molar-refractivity contribution is 5.69. The van der Waals surface area contributed by atoms with Crippen molar-refractivity contribution in [3.8, 4) is 0 Å². The number of carbonyl (C=O) groups is 1. The van der Waals surface area contributed by atoms with Crippen LogP contribution in [0.4, 0.5) is 4.39 Å². The summed E-state index contributed by atoms with van der Waals surface area (Å²) in [6.07, 6.45) is 0. The molecule has 1 N–H and O–H groups in total. The third kappa shape index (κ3) is 3.03. The summed E-state index contributed by atoms with van der Waals surface area (Å²) in [6.45, 7) is 3.57. The molecule has 0 aromatic heterocycles. The standard InChI is InChI=1S/C12H16FNO2/c1-8-6-10(4-5-11(8)13)9(2)14(3)7-12(15)16/h4-6,9H,7H2,1-3H3,(H,15,16). The van der Waals surface area contributed by atoms with Gasteiger partial charge in [0.2, 0.25) is 0 Å². The molecule has 1 aromatic carbocycles. The predicted molar refractivity (Wildman–Crippen MR) is 59.8 cm³/mol. The van der Waals surface area contributed by atoms with E-state index in [0.717, 1.165) is 5.56 Å². The van der Waals surface area contributed by atoms with Crippen molar-refractivity contribution in [2.75, 3.05) is 13.6 Å². The molecular weight excluding hydrogens is 209 g/mol. The molecule has 0 amide bonds. The fourth-order valence-corrected chi connectivity index (χ4v) is 1.53. The third-order valence-corrected chi connectivity index (χ3v) is 2.71. The van der Waals surface area contributed by atoms with Crippen LogP contribution in [0.15, 0.2) is 18.2 Å². The van der Waals surface area contributed by atoms with Gasteiger partial charge in [-0.25, -0.2) is 4.39 Å². The van der Waals surface area contributed by atoms with Crippen molar-refractivity contribution in [2.45, 2.75) is 19.9 Å². The Morgan fingerprint density at radius 1 is 1.56 bits per heavy atom. The number of hydrogen-bond donors (Lipinski definition) is 1. The number of aliphatic carboxylic acids is 1. The van der Waals surface area contributed by atoms with Crippen LogP contribution in [0, 0.1) is 12.7 Å². The molecule has 0 fully saturated rings. The highest BCUT2D eigenvalue weighted by Crippen LogP contribution is 2.20. The highest BCUT2D eigenvalue weighted by atomic mass is 19.1. The summed E-state index contributed by atoms with van der Waals surface area (Å²) in [4.78, 5) is 12.3. The summed E-state index contributed by atoms with van der Waals surface area (Å²) in [6, 6.07) is 4.80. The maximum atomic E-state index is 13.1. The number of carboxylic acids is 1. The van der Waals surface area contributed by atoms with Gasteiger partial charge in [0.15, 0.2) is 0 Å². The largest absolute Gasteiger partial charge is 0.480 e. The fourth-order valence-electron chi connectivity index (χ4n) is 1.53. The Balaban J connectivity index is 2.83. The molecule has 3 nitrogen and oxygen atoms in total. The summed E-state index contributed by atoms with van der Waals surface area (Å²) in [5.74, 6) is -1.11. The second-order valence-corrected chi connectivity index (χ2v) is 3.99. The SMILES string of the molecule is Cc1cc(C(C)N(C)CC(=O)O)ccc1F. The molecule has 0 saturated heterocycles. The molecule has 0 heterocycles. The van der Waals surface area contributed by atoms with Crippen LogP contribution in [0.1, 0.15) is 24.1 Å². The quantitative estimate of drug-likeness (QED) is 0.854. The van der Waals surface area contributed by atoms with E-state index in [1.807, 2.05) is 6.92 Å². The number of aryl methyl sites for hydroxylation is 1. The van der Waals surface area contributed by atoms with E-state index in [9.17, 15) is 9.18 Å². The molecule has 0 aliphatic carbocycles. The Hall–Kier alpha value is -1.42. The van der Waals surface area contributed by atoms with E-state index in [1.165, 1.54) is 6.07 Å². The molecule has 88 valence electrons. The second kappa shape index (κ2) is 5.07. The highest BCUT2D eigenvalue weighted by Gasteiger charge is 2.14. The first-order valence-electron chi connectivity index (χ1n) is 5.10. The molecule has 0 bridgehead atoms. The number of rotatable bonds is 4. The van der Waals surface area contributed by atoms with Crippen molar-refractivity contribution in [3.63, 3.8) is 0 Å². The van der Waals surface area contributed by atoms with Crippen molar-refractivity contribution in [3.05, 3.63) is 35.1 Å². The number of hydrogen-bond acceptors (Lipinski definition) is 2. The van der Waals surface area contributed by atoms with E-state index in [0.29, 0.717) is 5.56 Å². The van der Waals surface area contributed by atoms with Gasteiger partial charge in [0.05, 0.1) is 6.54 Å². The van der Waals surface area contributed by atoms with Crippen LogP contribution in [0.5, 0.6) is 0 Å². The fraction of sp³-hybridized carbons (Fsp3) is 0.417. The van der Waals surface area contributed by atoms with Gasteiger partial charge in [-0.2, -0.15) is 0 Å². The first kappa shape index (κ1) is 12.6. The predicted octanol–water partition coefficient (Wildman–Crippen LogP) is 2.21. The van der Waals surface area contributed by atoms with E-state index >= 15 is 0 Å². The van der Waals surface area contributed by atoms with E-state index in [-0.39, 0.29) is 18.4 Å². The topological polar surface area (TPSA) is 40.5 Å². The smallest absolute Gasteiger partial charge is 0.317 e. The zero-order chi connectivity index (χ0) is 12.3. The Labute approximate surface area is 94.5 Å². The van der Waals surface area contributed by atoms with Gasteiger partial charge < -0.3 is 5.11 Å². The summed E-state index contributed by atoms with van der Waals surface area (Å²) in [5.41, 5.74) is 1.50. The summed E-state index contributed by atoms with van der Waals surface area (Å²) in [7, 11) is 1.73. The monoisotopic (exact) mass is 225 g/mol. The van der Waals surface area contributed by atoms with Crippen LogP contribution in [0.25, 0.3) is 0 Å². The first-order chi connectivity index (χ1) is 7.41. The van der Waals surface area contributed by atoms with Crippen molar-refractivity contribution < 1.29 is 14.3 Å². The van der Waals surface area contributed by atoms with E-state index in [2.05, 4.69) is 0 Å². The minimum atomic E-state index is -0.867. The van der Waals surface area contributed by atoms with Gasteiger partial charge in [0.25, 0.3) is 0 Å². The van der Waals surface area contributed by atoms with Gasteiger partial charge in [-0.15, -0.1) is 0 Å². The van der Waals surface area contributed by atoms with Gasteiger partial charge in [-0.1, -0.05) is 12.1 Å². The zero-order valence-corrected chi connectivity index (χ0v) is 9.70. The molecule has 1 unspecified atom stereocenters. The normalized spacial score (nSPS) is 12.8. The maximum Gasteiger partial charge on any atom is 0.317 e. The molecule has 0 aliphatic rings. The number of nitrogens with zero attached hydrogens (tertiary/aromatic N) is 1. The lowest BCUT2D eigenvalue weighted by molar-refractivity contribution is -0.138. The number of likely N-dealkylation sites (N-methyl/N-ethyl adjacent to an activating group) is 1. The van der Waals surface area contributed by atoms with Crippen LogP contribution < -0.4 is 0 Å². The zero-order valence-electron chi connectivity index (χ0n) is 9.70. The maximum absolute atomic E-state index is 13.1. The lowest BCUT2D eigenvalue weighted by Gasteiger charge is -2.23. The van der Waals surface area contributed by atoms with Gasteiger partial charge in [-0.3, -0.25) is 9.69 Å². The first-order valence-corrected chi connectivity index (χ1v) is 5.10. The van der Waals surface area contributed by atoms with Crippen LogP contribution in [0.3, 0.4) is 0 Å². The molecule has 1 rings (SSSR count). The Kier molecular flexibility index (Phi) is 4.01. The minimum Gasteiger partial charge on any atom is -0.480 e. The Bertz CT molecular complexity index is 393. The number of halogens is 1. The molecule has 1 aromatic rings. The molecule has 0 saturated carbocycles. The third-order valence-electron chi connectivity index (χ3n) is 2.71. The van der Waals surface area contributed by atoms with Gasteiger partial charge in [0, 0.05) is 6.04 Å². The summed E-state index contributed by atoms with van der Waals surface area (Å²) >= 11 is 0. The van der Waals surface area contributed by atoms with E-state index in [4.69, 9.17) is 5.11 Å².